The molecule has 2 rings (SSSR count). The quantitative estimate of drug-likeness (QED) is 0.877. The molecule has 1 amide bonds. The molecule has 126 valence electrons. The van der Waals surface area contributed by atoms with Crippen molar-refractivity contribution >= 4 is 5.91 Å². The van der Waals surface area contributed by atoms with E-state index in [4.69, 9.17) is 4.52 Å². The minimum Gasteiger partial charge on any atom is -0.361 e. The average molecular weight is 336 g/mol. The molecule has 1 N–H and O–H groups in total. The smallest absolute Gasteiger partial charge is 0.361 e. The number of rotatable bonds is 3. The lowest BCUT2D eigenvalue weighted by Gasteiger charge is -2.05. The van der Waals surface area contributed by atoms with E-state index in [9.17, 15) is 18.0 Å². The topological polar surface area (TPSA) is 55.1 Å². The van der Waals surface area contributed by atoms with Crippen LogP contribution < -0.4 is 5.32 Å². The number of benzene rings is 1. The molecule has 0 aliphatic heterocycles. The van der Waals surface area contributed by atoms with Crippen LogP contribution in [0.2, 0.25) is 0 Å². The molecule has 0 bridgehead atoms. The summed E-state index contributed by atoms with van der Waals surface area (Å²) in [6, 6.07) is 4.73. The zero-order chi connectivity index (χ0) is 17.7. The lowest BCUT2D eigenvalue weighted by molar-refractivity contribution is -0.137. The first kappa shape index (κ1) is 17.6. The van der Waals surface area contributed by atoms with Crippen LogP contribution in [0.25, 0.3) is 0 Å². The molecule has 4 nitrogen and oxygen atoms in total. The summed E-state index contributed by atoms with van der Waals surface area (Å²) >= 11 is 0. The zero-order valence-corrected chi connectivity index (χ0v) is 13.1. The molecule has 1 heterocycles. The molecule has 0 aliphatic carbocycles. The molecule has 1 aromatic heterocycles. The summed E-state index contributed by atoms with van der Waals surface area (Å²) in [6.07, 6.45) is -4.29. The number of alkyl halides is 3. The van der Waals surface area contributed by atoms with Gasteiger partial charge in [0.05, 0.1) is 24.2 Å². The maximum Gasteiger partial charge on any atom is 0.416 e. The highest BCUT2D eigenvalue weighted by Gasteiger charge is 2.30. The van der Waals surface area contributed by atoms with E-state index in [1.807, 2.05) is 0 Å². The predicted molar refractivity (Wildman–Crippen MR) is 81.0 cm³/mol. The van der Waals surface area contributed by atoms with Crippen molar-refractivity contribution in [2.75, 3.05) is 6.54 Å². The number of carbonyl (C=O) groups is 1. The number of aryl methyl sites for hydroxylation is 2. The summed E-state index contributed by atoms with van der Waals surface area (Å²) < 4.78 is 42.7. The summed E-state index contributed by atoms with van der Waals surface area (Å²) in [5.41, 5.74) is 0.859. The number of aromatic nitrogens is 1. The first-order valence-corrected chi connectivity index (χ1v) is 7.12. The van der Waals surface area contributed by atoms with E-state index in [0.29, 0.717) is 11.5 Å². The van der Waals surface area contributed by atoms with E-state index in [1.165, 1.54) is 12.1 Å². The molecule has 7 heteroatoms. The van der Waals surface area contributed by atoms with Crippen LogP contribution in [0.1, 0.15) is 28.1 Å². The Balaban J connectivity index is 1.91. The minimum atomic E-state index is -4.40. The third-order valence-electron chi connectivity index (χ3n) is 3.32. The molecular formula is C17H15F3N2O2. The van der Waals surface area contributed by atoms with Gasteiger partial charge in [-0.2, -0.15) is 13.2 Å². The van der Waals surface area contributed by atoms with E-state index in [1.54, 1.807) is 13.8 Å². The van der Waals surface area contributed by atoms with Crippen LogP contribution >= 0.6 is 0 Å². The van der Waals surface area contributed by atoms with Crippen molar-refractivity contribution in [3.05, 3.63) is 52.4 Å². The van der Waals surface area contributed by atoms with Gasteiger partial charge in [0.25, 0.3) is 0 Å². The van der Waals surface area contributed by atoms with Crippen LogP contribution in [0.5, 0.6) is 0 Å². The van der Waals surface area contributed by atoms with Crippen LogP contribution in [-0.2, 0) is 17.4 Å². The van der Waals surface area contributed by atoms with Gasteiger partial charge in [-0.1, -0.05) is 23.1 Å². The van der Waals surface area contributed by atoms with Crippen molar-refractivity contribution in [2.45, 2.75) is 26.4 Å². The fraction of sp³-hybridized carbons (Fsp3) is 0.294. The van der Waals surface area contributed by atoms with Crippen LogP contribution in [0.15, 0.2) is 28.8 Å². The molecule has 0 radical (unpaired) electrons. The number of hydrogen-bond acceptors (Lipinski definition) is 3. The van der Waals surface area contributed by atoms with Gasteiger partial charge in [0.15, 0.2) is 0 Å². The fourth-order valence-corrected chi connectivity index (χ4v) is 2.04. The first-order chi connectivity index (χ1) is 11.3. The molecule has 24 heavy (non-hydrogen) atoms. The summed E-state index contributed by atoms with van der Waals surface area (Å²) in [5.74, 6) is 5.55. The second-order valence-corrected chi connectivity index (χ2v) is 5.14. The Morgan fingerprint density at radius 1 is 1.33 bits per heavy atom. The maximum atomic E-state index is 12.6. The first-order valence-electron chi connectivity index (χ1n) is 7.12. The van der Waals surface area contributed by atoms with E-state index in [2.05, 4.69) is 22.3 Å². The van der Waals surface area contributed by atoms with E-state index in [0.717, 1.165) is 17.7 Å². The van der Waals surface area contributed by atoms with Gasteiger partial charge in [-0.15, -0.1) is 0 Å². The second kappa shape index (κ2) is 7.21. The molecule has 1 aromatic carbocycles. The van der Waals surface area contributed by atoms with Crippen LogP contribution in [0.3, 0.4) is 0 Å². The van der Waals surface area contributed by atoms with Gasteiger partial charge in [-0.05, 0) is 32.0 Å². The lowest BCUT2D eigenvalue weighted by atomic mass is 10.1. The lowest BCUT2D eigenvalue weighted by Crippen LogP contribution is -2.25. The van der Waals surface area contributed by atoms with Crippen LogP contribution in [0.4, 0.5) is 13.2 Å². The van der Waals surface area contributed by atoms with E-state index < -0.39 is 11.7 Å². The predicted octanol–water partition coefficient (Wildman–Crippen LogP) is 3.02. The van der Waals surface area contributed by atoms with Gasteiger partial charge in [0.1, 0.15) is 5.76 Å². The van der Waals surface area contributed by atoms with Crippen molar-refractivity contribution in [1.82, 2.24) is 10.5 Å². The summed E-state index contributed by atoms with van der Waals surface area (Å²) in [5, 5.41) is 6.34. The Morgan fingerprint density at radius 3 is 2.71 bits per heavy atom. The molecule has 0 atom stereocenters. The summed E-state index contributed by atoms with van der Waals surface area (Å²) in [7, 11) is 0. The molecule has 2 aromatic rings. The SMILES string of the molecule is Cc1noc(C)c1CC(=O)NCC#Cc1cccc(C(F)(F)F)c1. The normalized spacial score (nSPS) is 10.9. The molecule has 0 saturated carbocycles. The number of hydrogen-bond donors (Lipinski definition) is 1. The highest BCUT2D eigenvalue weighted by Crippen LogP contribution is 2.29. The number of nitrogens with one attached hydrogen (secondary N) is 1. The van der Waals surface area contributed by atoms with Crippen molar-refractivity contribution < 1.29 is 22.5 Å². The monoisotopic (exact) mass is 336 g/mol. The molecule has 0 saturated heterocycles. The van der Waals surface area contributed by atoms with Gasteiger partial charge >= 0.3 is 6.18 Å². The van der Waals surface area contributed by atoms with Crippen LogP contribution in [0, 0.1) is 25.7 Å². The Morgan fingerprint density at radius 2 is 2.08 bits per heavy atom. The number of carbonyl (C=O) groups excluding carboxylic acids is 1. The third-order valence-corrected chi connectivity index (χ3v) is 3.32. The summed E-state index contributed by atoms with van der Waals surface area (Å²) in [6.45, 7) is 3.50. The van der Waals surface area contributed by atoms with Crippen molar-refractivity contribution in [3.8, 4) is 11.8 Å². The number of amides is 1. The Labute approximate surface area is 137 Å². The van der Waals surface area contributed by atoms with Crippen molar-refractivity contribution in [3.63, 3.8) is 0 Å². The molecule has 0 unspecified atom stereocenters. The van der Waals surface area contributed by atoms with Gasteiger partial charge in [0.2, 0.25) is 5.91 Å². The van der Waals surface area contributed by atoms with Crippen LogP contribution in [-0.4, -0.2) is 17.6 Å². The minimum absolute atomic E-state index is 0.0401. The van der Waals surface area contributed by atoms with Gasteiger partial charge < -0.3 is 9.84 Å². The van der Waals surface area contributed by atoms with Gasteiger partial charge in [0, 0.05) is 11.1 Å². The Kier molecular flexibility index (Phi) is 5.29. The summed E-state index contributed by atoms with van der Waals surface area (Å²) in [4.78, 5) is 11.8. The number of halogens is 3. The van der Waals surface area contributed by atoms with Gasteiger partial charge in [-0.25, -0.2) is 0 Å². The largest absolute Gasteiger partial charge is 0.416 e. The molecule has 0 aliphatic rings. The maximum absolute atomic E-state index is 12.6. The average Bonchev–Trinajstić information content (AvgIpc) is 2.83. The van der Waals surface area contributed by atoms with Crippen molar-refractivity contribution in [1.29, 1.82) is 0 Å². The van der Waals surface area contributed by atoms with Gasteiger partial charge in [-0.3, -0.25) is 4.79 Å². The third kappa shape index (κ3) is 4.62. The highest BCUT2D eigenvalue weighted by atomic mass is 19.4. The number of nitrogens with zero attached hydrogens (tertiary/aromatic N) is 1. The molecular weight excluding hydrogens is 321 g/mol. The zero-order valence-electron chi connectivity index (χ0n) is 13.1. The molecule has 0 fully saturated rings. The van der Waals surface area contributed by atoms with E-state index >= 15 is 0 Å². The standard InChI is InChI=1S/C17H15F3N2O2/c1-11-15(12(2)24-22-11)10-16(23)21-8-4-6-13-5-3-7-14(9-13)17(18,19)20/h3,5,7,9H,8,10H2,1-2H3,(H,21,23). The van der Waals surface area contributed by atoms with Crippen molar-refractivity contribution in [2.24, 2.45) is 0 Å². The second-order valence-electron chi connectivity index (χ2n) is 5.14. The molecule has 0 spiro atoms. The highest BCUT2D eigenvalue weighted by molar-refractivity contribution is 5.79. The Hall–Kier alpha value is -2.75. The Bertz CT molecular complexity index is 779. The van der Waals surface area contributed by atoms with E-state index in [-0.39, 0.29) is 24.4 Å². The fourth-order valence-electron chi connectivity index (χ4n) is 2.04.